The van der Waals surface area contributed by atoms with E-state index >= 15 is 0 Å². The van der Waals surface area contributed by atoms with Crippen LogP contribution in [-0.2, 0) is 24.3 Å². The molecule has 3 fully saturated rings. The first-order valence-corrected chi connectivity index (χ1v) is 10.5. The standard InChI is InChI=1S/C17H21N3O5S/c1-26(23,24)18-10-16(22)19-8-7-17-14(19)9-15(21)20(17)11-13(25-17)12-5-3-2-4-6-12/h2-6,13-14,18H,7-11H2,1H3/t13-,14-,17+/m1/s1. The molecule has 0 saturated carbocycles. The molecular weight excluding hydrogens is 358 g/mol. The van der Waals surface area contributed by atoms with E-state index < -0.39 is 15.7 Å². The van der Waals surface area contributed by atoms with Crippen LogP contribution in [0.1, 0.15) is 24.5 Å². The van der Waals surface area contributed by atoms with Gasteiger partial charge in [0.2, 0.25) is 21.8 Å². The molecule has 9 heteroatoms. The van der Waals surface area contributed by atoms with Gasteiger partial charge in [-0.15, -0.1) is 0 Å². The Kier molecular flexibility index (Phi) is 4.05. The van der Waals surface area contributed by atoms with Crippen molar-refractivity contribution in [3.63, 3.8) is 0 Å². The Morgan fingerprint density at radius 1 is 1.35 bits per heavy atom. The van der Waals surface area contributed by atoms with Crippen molar-refractivity contribution in [1.29, 1.82) is 0 Å². The molecule has 3 heterocycles. The number of benzene rings is 1. The number of nitrogens with zero attached hydrogens (tertiary/aromatic N) is 2. The van der Waals surface area contributed by atoms with E-state index in [1.807, 2.05) is 30.3 Å². The van der Waals surface area contributed by atoms with Crippen LogP contribution in [0.4, 0.5) is 0 Å². The van der Waals surface area contributed by atoms with Crippen molar-refractivity contribution in [2.45, 2.75) is 30.7 Å². The molecule has 1 aromatic carbocycles. The molecule has 0 radical (unpaired) electrons. The van der Waals surface area contributed by atoms with E-state index in [1.165, 1.54) is 0 Å². The van der Waals surface area contributed by atoms with Gasteiger partial charge in [0.15, 0.2) is 5.72 Å². The van der Waals surface area contributed by atoms with Gasteiger partial charge in [-0.3, -0.25) is 9.59 Å². The van der Waals surface area contributed by atoms with E-state index in [9.17, 15) is 18.0 Å². The number of rotatable bonds is 4. The molecule has 1 aromatic rings. The topological polar surface area (TPSA) is 96.0 Å². The molecule has 2 amide bonds. The maximum atomic E-state index is 12.5. The normalized spacial score (nSPS) is 30.6. The third kappa shape index (κ3) is 2.80. The van der Waals surface area contributed by atoms with Crippen LogP contribution in [-0.4, -0.2) is 67.7 Å². The average Bonchev–Trinajstić information content (AvgIpc) is 3.22. The van der Waals surface area contributed by atoms with E-state index in [0.29, 0.717) is 19.5 Å². The van der Waals surface area contributed by atoms with Gasteiger partial charge in [-0.1, -0.05) is 30.3 Å². The fraction of sp³-hybridized carbons (Fsp3) is 0.529. The van der Waals surface area contributed by atoms with Crippen molar-refractivity contribution in [3.8, 4) is 0 Å². The second-order valence-electron chi connectivity index (χ2n) is 7.02. The molecule has 4 rings (SSSR count). The summed E-state index contributed by atoms with van der Waals surface area (Å²) in [5, 5.41) is 0. The monoisotopic (exact) mass is 379 g/mol. The summed E-state index contributed by atoms with van der Waals surface area (Å²) in [6, 6.07) is 9.35. The van der Waals surface area contributed by atoms with Gasteiger partial charge >= 0.3 is 0 Å². The minimum Gasteiger partial charge on any atom is -0.343 e. The Morgan fingerprint density at radius 2 is 2.08 bits per heavy atom. The van der Waals surface area contributed by atoms with Gasteiger partial charge in [0.1, 0.15) is 6.10 Å². The van der Waals surface area contributed by atoms with Crippen LogP contribution in [0.5, 0.6) is 0 Å². The third-order valence-electron chi connectivity index (χ3n) is 5.41. The number of amides is 2. The first kappa shape index (κ1) is 17.4. The molecule has 0 bridgehead atoms. The van der Waals surface area contributed by atoms with Crippen molar-refractivity contribution in [3.05, 3.63) is 35.9 Å². The Hall–Kier alpha value is -1.97. The summed E-state index contributed by atoms with van der Waals surface area (Å²) in [4.78, 5) is 28.4. The zero-order valence-corrected chi connectivity index (χ0v) is 15.2. The maximum absolute atomic E-state index is 12.5. The summed E-state index contributed by atoms with van der Waals surface area (Å²) in [6.07, 6.45) is 1.55. The second-order valence-corrected chi connectivity index (χ2v) is 8.85. The molecule has 3 aliphatic rings. The number of carbonyl (C=O) groups is 2. The van der Waals surface area contributed by atoms with Crippen LogP contribution in [0.15, 0.2) is 30.3 Å². The molecule has 140 valence electrons. The Balaban J connectivity index is 1.54. The number of ether oxygens (including phenoxy) is 1. The summed E-state index contributed by atoms with van der Waals surface area (Å²) < 4.78 is 31.1. The number of nitrogens with one attached hydrogen (secondary N) is 1. The van der Waals surface area contributed by atoms with E-state index in [1.54, 1.807) is 9.80 Å². The lowest BCUT2D eigenvalue weighted by molar-refractivity contribution is -0.142. The van der Waals surface area contributed by atoms with Crippen LogP contribution in [0, 0.1) is 0 Å². The van der Waals surface area contributed by atoms with Gasteiger partial charge in [-0.2, -0.15) is 0 Å². The highest BCUT2D eigenvalue weighted by Gasteiger charge is 2.64. The van der Waals surface area contributed by atoms with Crippen molar-refractivity contribution in [2.75, 3.05) is 25.9 Å². The minimum absolute atomic E-state index is 0.0259. The van der Waals surface area contributed by atoms with Crippen LogP contribution in [0.2, 0.25) is 0 Å². The van der Waals surface area contributed by atoms with Crippen molar-refractivity contribution in [2.24, 2.45) is 0 Å². The summed E-state index contributed by atoms with van der Waals surface area (Å²) in [6.45, 7) is 0.616. The van der Waals surface area contributed by atoms with E-state index in [4.69, 9.17) is 4.74 Å². The van der Waals surface area contributed by atoms with Crippen molar-refractivity contribution >= 4 is 21.8 Å². The second kappa shape index (κ2) is 6.04. The Morgan fingerprint density at radius 3 is 2.77 bits per heavy atom. The van der Waals surface area contributed by atoms with Gasteiger partial charge in [0.05, 0.1) is 31.8 Å². The van der Waals surface area contributed by atoms with E-state index in [2.05, 4.69) is 4.72 Å². The average molecular weight is 379 g/mol. The Labute approximate surface area is 152 Å². The highest BCUT2D eigenvalue weighted by atomic mass is 32.2. The number of likely N-dealkylation sites (tertiary alicyclic amines) is 1. The molecule has 3 saturated heterocycles. The lowest BCUT2D eigenvalue weighted by Crippen LogP contribution is -2.50. The predicted octanol–water partition coefficient (Wildman–Crippen LogP) is -0.163. The molecule has 0 aliphatic carbocycles. The molecule has 3 aliphatic heterocycles. The quantitative estimate of drug-likeness (QED) is 0.784. The smallest absolute Gasteiger partial charge is 0.238 e. The molecule has 3 atom stereocenters. The molecule has 26 heavy (non-hydrogen) atoms. The number of sulfonamides is 1. The summed E-state index contributed by atoms with van der Waals surface area (Å²) in [5.41, 5.74) is 0.213. The van der Waals surface area contributed by atoms with Crippen LogP contribution < -0.4 is 4.72 Å². The van der Waals surface area contributed by atoms with Gasteiger partial charge in [0, 0.05) is 13.0 Å². The van der Waals surface area contributed by atoms with Crippen LogP contribution in [0.25, 0.3) is 0 Å². The summed E-state index contributed by atoms with van der Waals surface area (Å²) in [5.74, 6) is -0.360. The lowest BCUT2D eigenvalue weighted by Gasteiger charge is -2.32. The fourth-order valence-corrected chi connectivity index (χ4v) is 4.64. The maximum Gasteiger partial charge on any atom is 0.238 e. The van der Waals surface area contributed by atoms with Crippen molar-refractivity contribution < 1.29 is 22.7 Å². The molecule has 0 unspecified atom stereocenters. The lowest BCUT2D eigenvalue weighted by atomic mass is 10.1. The first-order valence-electron chi connectivity index (χ1n) is 8.57. The van der Waals surface area contributed by atoms with E-state index in [0.717, 1.165) is 11.8 Å². The predicted molar refractivity (Wildman–Crippen MR) is 92.3 cm³/mol. The molecule has 8 nitrogen and oxygen atoms in total. The third-order valence-corrected chi connectivity index (χ3v) is 6.07. The summed E-state index contributed by atoms with van der Waals surface area (Å²) >= 11 is 0. The zero-order valence-electron chi connectivity index (χ0n) is 14.4. The number of carbonyl (C=O) groups excluding carboxylic acids is 2. The fourth-order valence-electron chi connectivity index (χ4n) is 4.26. The highest BCUT2D eigenvalue weighted by molar-refractivity contribution is 7.88. The molecule has 1 N–H and O–H groups in total. The first-order chi connectivity index (χ1) is 12.3. The van der Waals surface area contributed by atoms with Crippen LogP contribution >= 0.6 is 0 Å². The Bertz CT molecular complexity index is 843. The largest absolute Gasteiger partial charge is 0.343 e. The van der Waals surface area contributed by atoms with Gasteiger partial charge < -0.3 is 14.5 Å². The summed E-state index contributed by atoms with van der Waals surface area (Å²) in [7, 11) is -3.45. The molecule has 0 aromatic heterocycles. The highest BCUT2D eigenvalue weighted by Crippen LogP contribution is 2.50. The molecule has 1 spiro atoms. The minimum atomic E-state index is -3.45. The van der Waals surface area contributed by atoms with Crippen molar-refractivity contribution in [1.82, 2.24) is 14.5 Å². The number of hydrogen-bond acceptors (Lipinski definition) is 5. The SMILES string of the molecule is CS(=O)(=O)NCC(=O)N1CC[C@@]23O[C@@H](c4ccccc4)CN2C(=O)C[C@@H]13. The van der Waals surface area contributed by atoms with Crippen LogP contribution in [0.3, 0.4) is 0 Å². The van der Waals surface area contributed by atoms with E-state index in [-0.39, 0.29) is 36.9 Å². The van der Waals surface area contributed by atoms with Gasteiger partial charge in [0.25, 0.3) is 0 Å². The molecular formula is C17H21N3O5S. The van der Waals surface area contributed by atoms with Gasteiger partial charge in [-0.05, 0) is 5.56 Å². The van der Waals surface area contributed by atoms with Gasteiger partial charge in [-0.25, -0.2) is 13.1 Å². The number of hydrogen-bond donors (Lipinski definition) is 1. The zero-order chi connectivity index (χ0) is 18.5.